The zero-order chi connectivity index (χ0) is 9.80. The number of nitrogens with zero attached hydrogens (tertiary/aromatic N) is 2. The molecule has 1 aliphatic rings. The lowest BCUT2D eigenvalue weighted by molar-refractivity contribution is -0.0902. The van der Waals surface area contributed by atoms with Crippen molar-refractivity contribution in [2.45, 2.75) is 12.5 Å². The van der Waals surface area contributed by atoms with Gasteiger partial charge in [0, 0.05) is 5.38 Å². The van der Waals surface area contributed by atoms with Gasteiger partial charge in [0.05, 0.1) is 38.0 Å². The van der Waals surface area contributed by atoms with E-state index >= 15 is 0 Å². The maximum Gasteiger partial charge on any atom is 0.132 e. The van der Waals surface area contributed by atoms with E-state index in [4.69, 9.17) is 14.7 Å². The van der Waals surface area contributed by atoms with Crippen molar-refractivity contribution in [2.24, 2.45) is 0 Å². The molecule has 0 aliphatic carbocycles. The van der Waals surface area contributed by atoms with Gasteiger partial charge in [0.2, 0.25) is 0 Å². The second-order valence-electron chi connectivity index (χ2n) is 2.95. The molecular formula is C9H10N2O2S. The smallest absolute Gasteiger partial charge is 0.132 e. The summed E-state index contributed by atoms with van der Waals surface area (Å²) >= 11 is 1.53. The summed E-state index contributed by atoms with van der Waals surface area (Å²) in [5.74, 6) is 0. The number of hydrogen-bond donors (Lipinski definition) is 0. The monoisotopic (exact) mass is 210 g/mol. The number of aromatic nitrogens is 1. The van der Waals surface area contributed by atoms with Crippen LogP contribution in [0.1, 0.15) is 16.8 Å². The third kappa shape index (κ3) is 2.10. The fourth-order valence-corrected chi connectivity index (χ4v) is 2.11. The van der Waals surface area contributed by atoms with Crippen LogP contribution >= 0.6 is 11.3 Å². The molecule has 0 N–H and O–H groups in total. The highest BCUT2D eigenvalue weighted by Crippen LogP contribution is 2.24. The molecule has 0 amide bonds. The van der Waals surface area contributed by atoms with E-state index in [1.165, 1.54) is 11.3 Å². The first-order valence-corrected chi connectivity index (χ1v) is 5.28. The van der Waals surface area contributed by atoms with Gasteiger partial charge in [0.25, 0.3) is 0 Å². The molecule has 74 valence electrons. The second kappa shape index (κ2) is 4.51. The zero-order valence-corrected chi connectivity index (χ0v) is 8.42. The van der Waals surface area contributed by atoms with Gasteiger partial charge in [-0.15, -0.1) is 11.3 Å². The fraction of sp³-hybridized carbons (Fsp3) is 0.556. The molecule has 0 aromatic carbocycles. The highest BCUT2D eigenvalue weighted by molar-refractivity contribution is 7.09. The average molecular weight is 210 g/mol. The molecule has 0 bridgehead atoms. The Morgan fingerprint density at radius 1 is 1.64 bits per heavy atom. The molecule has 4 nitrogen and oxygen atoms in total. The third-order valence-electron chi connectivity index (χ3n) is 1.92. The summed E-state index contributed by atoms with van der Waals surface area (Å²) in [6.45, 7) is 1.85. The maximum atomic E-state index is 8.50. The molecular weight excluding hydrogens is 200 g/mol. The minimum atomic E-state index is -0.0406. The Morgan fingerprint density at radius 2 is 2.57 bits per heavy atom. The summed E-state index contributed by atoms with van der Waals surface area (Å²) < 4.78 is 10.8. The van der Waals surface area contributed by atoms with Crippen LogP contribution in [0.5, 0.6) is 0 Å². The Kier molecular flexibility index (Phi) is 3.09. The molecule has 5 heteroatoms. The average Bonchev–Trinajstić information content (AvgIpc) is 2.68. The summed E-state index contributed by atoms with van der Waals surface area (Å²) in [6.07, 6.45) is 0.325. The van der Waals surface area contributed by atoms with Crippen molar-refractivity contribution in [1.29, 1.82) is 5.26 Å². The molecule has 1 saturated heterocycles. The van der Waals surface area contributed by atoms with Crippen LogP contribution in [0.2, 0.25) is 0 Å². The van der Waals surface area contributed by atoms with Crippen molar-refractivity contribution in [2.75, 3.05) is 19.8 Å². The largest absolute Gasteiger partial charge is 0.376 e. The van der Waals surface area contributed by atoms with E-state index in [-0.39, 0.29) is 6.10 Å². The summed E-state index contributed by atoms with van der Waals surface area (Å²) in [6, 6.07) is 2.07. The van der Waals surface area contributed by atoms with Gasteiger partial charge in [0.1, 0.15) is 11.1 Å². The lowest BCUT2D eigenvalue weighted by Gasteiger charge is -2.20. The minimum Gasteiger partial charge on any atom is -0.376 e. The van der Waals surface area contributed by atoms with Crippen molar-refractivity contribution < 1.29 is 9.47 Å². The number of thiazole rings is 1. The molecule has 1 aromatic rings. The van der Waals surface area contributed by atoms with Gasteiger partial charge in [-0.25, -0.2) is 4.98 Å². The van der Waals surface area contributed by atoms with Crippen LogP contribution < -0.4 is 0 Å². The molecule has 2 heterocycles. The van der Waals surface area contributed by atoms with Crippen LogP contribution in [0.25, 0.3) is 0 Å². The number of nitriles is 1. The van der Waals surface area contributed by atoms with Crippen LogP contribution in [0.4, 0.5) is 0 Å². The maximum absolute atomic E-state index is 8.50. The van der Waals surface area contributed by atoms with E-state index in [1.54, 1.807) is 0 Å². The van der Waals surface area contributed by atoms with Crippen LogP contribution in [-0.4, -0.2) is 24.8 Å². The van der Waals surface area contributed by atoms with Crippen molar-refractivity contribution in [3.63, 3.8) is 0 Å². The lowest BCUT2D eigenvalue weighted by atomic mass is 10.3. The third-order valence-corrected chi connectivity index (χ3v) is 2.91. The van der Waals surface area contributed by atoms with Crippen molar-refractivity contribution >= 4 is 11.3 Å². The van der Waals surface area contributed by atoms with Crippen molar-refractivity contribution in [3.8, 4) is 6.07 Å². The fourth-order valence-electron chi connectivity index (χ4n) is 1.26. The first kappa shape index (κ1) is 9.59. The summed E-state index contributed by atoms with van der Waals surface area (Å²) in [5.41, 5.74) is 0.821. The Balaban J connectivity index is 2.04. The molecule has 0 spiro atoms. The Bertz CT molecular complexity index is 339. The zero-order valence-electron chi connectivity index (χ0n) is 7.60. The van der Waals surface area contributed by atoms with E-state index in [1.807, 2.05) is 5.38 Å². The summed E-state index contributed by atoms with van der Waals surface area (Å²) in [7, 11) is 0. The van der Waals surface area contributed by atoms with Gasteiger partial charge in [-0.3, -0.25) is 0 Å². The van der Waals surface area contributed by atoms with Crippen LogP contribution in [0, 0.1) is 11.3 Å². The van der Waals surface area contributed by atoms with E-state index in [2.05, 4.69) is 11.1 Å². The van der Waals surface area contributed by atoms with Crippen molar-refractivity contribution in [3.05, 3.63) is 16.1 Å². The minimum absolute atomic E-state index is 0.0406. The van der Waals surface area contributed by atoms with E-state index in [0.29, 0.717) is 26.2 Å². The van der Waals surface area contributed by atoms with Crippen LogP contribution in [0.3, 0.4) is 0 Å². The Hall–Kier alpha value is -0.960. The predicted octanol–water partition coefficient (Wildman–Crippen LogP) is 1.30. The number of hydrogen-bond acceptors (Lipinski definition) is 5. The van der Waals surface area contributed by atoms with Gasteiger partial charge in [-0.1, -0.05) is 0 Å². The molecule has 1 atom stereocenters. The molecule has 1 aromatic heterocycles. The normalized spacial score (nSPS) is 21.8. The lowest BCUT2D eigenvalue weighted by Crippen LogP contribution is -2.21. The Morgan fingerprint density at radius 3 is 3.29 bits per heavy atom. The predicted molar refractivity (Wildman–Crippen MR) is 50.9 cm³/mol. The van der Waals surface area contributed by atoms with Gasteiger partial charge in [-0.2, -0.15) is 5.26 Å². The van der Waals surface area contributed by atoms with Crippen LogP contribution in [0.15, 0.2) is 5.38 Å². The van der Waals surface area contributed by atoms with Crippen LogP contribution in [-0.2, 0) is 15.9 Å². The number of ether oxygens (including phenoxy) is 2. The second-order valence-corrected chi connectivity index (χ2v) is 3.84. The highest BCUT2D eigenvalue weighted by atomic mass is 32.1. The van der Waals surface area contributed by atoms with Crippen molar-refractivity contribution in [1.82, 2.24) is 4.98 Å². The molecule has 0 saturated carbocycles. The van der Waals surface area contributed by atoms with E-state index in [9.17, 15) is 0 Å². The molecule has 1 aliphatic heterocycles. The first-order chi connectivity index (χ1) is 6.90. The number of rotatable bonds is 2. The summed E-state index contributed by atoms with van der Waals surface area (Å²) in [4.78, 5) is 4.31. The standard InChI is InChI=1S/C9H10N2O2S/c10-2-1-7-6-14-9(11-7)8-5-12-3-4-13-8/h6,8H,1,3-5H2. The van der Waals surface area contributed by atoms with Gasteiger partial charge < -0.3 is 9.47 Å². The molecule has 14 heavy (non-hydrogen) atoms. The first-order valence-electron chi connectivity index (χ1n) is 4.41. The Labute approximate surface area is 86.1 Å². The summed E-state index contributed by atoms with van der Waals surface area (Å²) in [5, 5.41) is 11.3. The van der Waals surface area contributed by atoms with Gasteiger partial charge >= 0.3 is 0 Å². The van der Waals surface area contributed by atoms with Gasteiger partial charge in [-0.05, 0) is 0 Å². The topological polar surface area (TPSA) is 55.1 Å². The SMILES string of the molecule is N#CCc1csc(C2COCCO2)n1. The molecule has 0 radical (unpaired) electrons. The van der Waals surface area contributed by atoms with E-state index in [0.717, 1.165) is 10.7 Å². The highest BCUT2D eigenvalue weighted by Gasteiger charge is 2.19. The molecule has 2 rings (SSSR count). The molecule has 1 fully saturated rings. The van der Waals surface area contributed by atoms with E-state index < -0.39 is 0 Å². The van der Waals surface area contributed by atoms with Gasteiger partial charge in [0.15, 0.2) is 0 Å². The quantitative estimate of drug-likeness (QED) is 0.738. The molecule has 1 unspecified atom stereocenters.